The van der Waals surface area contributed by atoms with Crippen molar-refractivity contribution in [2.45, 2.75) is 37.6 Å². The number of nitrogens with one attached hydrogen (secondary N) is 1. The highest BCUT2D eigenvalue weighted by Crippen LogP contribution is 2.34. The van der Waals surface area contributed by atoms with Crippen molar-refractivity contribution in [3.63, 3.8) is 0 Å². The molecule has 126 valence electrons. The third-order valence-electron chi connectivity index (χ3n) is 4.93. The van der Waals surface area contributed by atoms with Gasteiger partial charge >= 0.3 is 0 Å². The molecule has 0 unspecified atom stereocenters. The van der Waals surface area contributed by atoms with Crippen LogP contribution in [0.3, 0.4) is 0 Å². The predicted molar refractivity (Wildman–Crippen MR) is 87.6 cm³/mol. The zero-order valence-electron chi connectivity index (χ0n) is 13.3. The minimum Gasteiger partial charge on any atom is -0.379 e. The number of rotatable bonds is 4. The van der Waals surface area contributed by atoms with Gasteiger partial charge in [-0.2, -0.15) is 0 Å². The molecule has 3 rings (SSSR count). The van der Waals surface area contributed by atoms with E-state index in [2.05, 4.69) is 20.2 Å². The molecular weight excluding hydrogens is 316 g/mol. The standard InChI is InChI=1S/C16H23ClN4O2/c17-13-10-18-12-20-14(13)15(22)19-11-16(4-2-1-3-5-16)21-6-8-23-9-7-21/h10,12H,1-9,11H2,(H,19,22). The summed E-state index contributed by atoms with van der Waals surface area (Å²) in [6.45, 7) is 4.04. The van der Waals surface area contributed by atoms with Crippen molar-refractivity contribution in [3.8, 4) is 0 Å². The summed E-state index contributed by atoms with van der Waals surface area (Å²) in [5.41, 5.74) is 0.284. The van der Waals surface area contributed by atoms with Gasteiger partial charge < -0.3 is 10.1 Å². The van der Waals surface area contributed by atoms with Gasteiger partial charge in [0.15, 0.2) is 0 Å². The summed E-state index contributed by atoms with van der Waals surface area (Å²) < 4.78 is 5.48. The number of amides is 1. The van der Waals surface area contributed by atoms with E-state index >= 15 is 0 Å². The van der Waals surface area contributed by atoms with Crippen LogP contribution >= 0.6 is 11.6 Å². The summed E-state index contributed by atoms with van der Waals surface area (Å²) in [4.78, 5) is 22.7. The number of hydrogen-bond acceptors (Lipinski definition) is 5. The number of ether oxygens (including phenoxy) is 1. The van der Waals surface area contributed by atoms with Crippen LogP contribution in [0.4, 0.5) is 0 Å². The first kappa shape index (κ1) is 16.6. The van der Waals surface area contributed by atoms with Crippen LogP contribution in [0.15, 0.2) is 12.5 Å². The summed E-state index contributed by atoms with van der Waals surface area (Å²) in [6.07, 6.45) is 8.72. The SMILES string of the molecule is O=C(NCC1(N2CCOCC2)CCCCC1)c1ncncc1Cl. The topological polar surface area (TPSA) is 67.4 Å². The third-order valence-corrected chi connectivity index (χ3v) is 5.20. The monoisotopic (exact) mass is 338 g/mol. The van der Waals surface area contributed by atoms with Gasteiger partial charge in [-0.25, -0.2) is 9.97 Å². The maximum absolute atomic E-state index is 12.4. The molecule has 1 saturated heterocycles. The number of aromatic nitrogens is 2. The molecule has 1 amide bonds. The molecule has 0 aromatic carbocycles. The van der Waals surface area contributed by atoms with Crippen LogP contribution in [0.2, 0.25) is 5.02 Å². The van der Waals surface area contributed by atoms with Gasteiger partial charge in [0.25, 0.3) is 5.91 Å². The average molecular weight is 339 g/mol. The van der Waals surface area contributed by atoms with Gasteiger partial charge in [0.1, 0.15) is 12.0 Å². The van der Waals surface area contributed by atoms with Gasteiger partial charge in [0, 0.05) is 31.4 Å². The highest BCUT2D eigenvalue weighted by molar-refractivity contribution is 6.33. The Hall–Kier alpha value is -1.24. The fourth-order valence-corrected chi connectivity index (χ4v) is 3.85. The summed E-state index contributed by atoms with van der Waals surface area (Å²) in [7, 11) is 0. The first-order valence-electron chi connectivity index (χ1n) is 8.28. The molecule has 2 fully saturated rings. The molecule has 7 heteroatoms. The average Bonchev–Trinajstić information content (AvgIpc) is 2.62. The van der Waals surface area contributed by atoms with Gasteiger partial charge in [0.05, 0.1) is 18.2 Å². The molecule has 0 bridgehead atoms. The van der Waals surface area contributed by atoms with Crippen LogP contribution in [0.25, 0.3) is 0 Å². The van der Waals surface area contributed by atoms with E-state index in [0.717, 1.165) is 39.1 Å². The van der Waals surface area contributed by atoms with E-state index in [9.17, 15) is 4.79 Å². The van der Waals surface area contributed by atoms with Crippen molar-refractivity contribution in [1.82, 2.24) is 20.2 Å². The second kappa shape index (κ2) is 7.55. The lowest BCUT2D eigenvalue weighted by Crippen LogP contribution is -2.59. The van der Waals surface area contributed by atoms with E-state index in [1.807, 2.05) is 0 Å². The molecule has 0 atom stereocenters. The lowest BCUT2D eigenvalue weighted by Gasteiger charge is -2.48. The van der Waals surface area contributed by atoms with Crippen LogP contribution in [-0.2, 0) is 4.74 Å². The van der Waals surface area contributed by atoms with Gasteiger partial charge in [-0.1, -0.05) is 30.9 Å². The van der Waals surface area contributed by atoms with Crippen LogP contribution in [0.1, 0.15) is 42.6 Å². The predicted octanol–water partition coefficient (Wildman–Crippen LogP) is 1.89. The van der Waals surface area contributed by atoms with E-state index < -0.39 is 0 Å². The highest BCUT2D eigenvalue weighted by atomic mass is 35.5. The smallest absolute Gasteiger partial charge is 0.271 e. The minimum atomic E-state index is -0.226. The second-order valence-corrected chi connectivity index (χ2v) is 6.69. The Bertz CT molecular complexity index is 543. The molecular formula is C16H23ClN4O2. The van der Waals surface area contributed by atoms with E-state index in [1.54, 1.807) is 0 Å². The van der Waals surface area contributed by atoms with Crippen molar-refractivity contribution in [2.24, 2.45) is 0 Å². The van der Waals surface area contributed by atoms with E-state index in [-0.39, 0.29) is 22.2 Å². The quantitative estimate of drug-likeness (QED) is 0.908. The fourth-order valence-electron chi connectivity index (χ4n) is 3.66. The van der Waals surface area contributed by atoms with Gasteiger partial charge in [-0.3, -0.25) is 9.69 Å². The van der Waals surface area contributed by atoms with Gasteiger partial charge in [-0.15, -0.1) is 0 Å². The maximum atomic E-state index is 12.4. The Labute approximate surface area is 141 Å². The van der Waals surface area contributed by atoms with Crippen molar-refractivity contribution in [3.05, 3.63) is 23.2 Å². The first-order chi connectivity index (χ1) is 11.2. The molecule has 0 spiro atoms. The molecule has 2 heterocycles. The maximum Gasteiger partial charge on any atom is 0.271 e. The molecule has 1 aromatic heterocycles. The number of nitrogens with zero attached hydrogens (tertiary/aromatic N) is 3. The minimum absolute atomic E-state index is 0.0389. The second-order valence-electron chi connectivity index (χ2n) is 6.29. The van der Waals surface area contributed by atoms with Gasteiger partial charge in [0.2, 0.25) is 0 Å². The Morgan fingerprint density at radius 1 is 1.30 bits per heavy atom. The molecule has 1 aliphatic carbocycles. The van der Waals surface area contributed by atoms with Crippen molar-refractivity contribution < 1.29 is 9.53 Å². The van der Waals surface area contributed by atoms with E-state index in [1.165, 1.54) is 31.8 Å². The summed E-state index contributed by atoms with van der Waals surface area (Å²) >= 11 is 6.01. The van der Waals surface area contributed by atoms with Crippen molar-refractivity contribution in [2.75, 3.05) is 32.8 Å². The molecule has 1 saturated carbocycles. The Morgan fingerprint density at radius 3 is 2.74 bits per heavy atom. The van der Waals surface area contributed by atoms with Crippen LogP contribution < -0.4 is 5.32 Å². The van der Waals surface area contributed by atoms with Crippen LogP contribution in [-0.4, -0.2) is 59.2 Å². The molecule has 1 aromatic rings. The highest BCUT2D eigenvalue weighted by Gasteiger charge is 2.39. The number of morpholine rings is 1. The molecule has 2 aliphatic rings. The normalized spacial score (nSPS) is 21.8. The summed E-state index contributed by atoms with van der Waals surface area (Å²) in [6, 6.07) is 0. The molecule has 0 radical (unpaired) electrons. The zero-order valence-corrected chi connectivity index (χ0v) is 14.0. The van der Waals surface area contributed by atoms with Crippen molar-refractivity contribution >= 4 is 17.5 Å². The summed E-state index contributed by atoms with van der Waals surface area (Å²) in [5, 5.41) is 3.34. The number of halogens is 1. The van der Waals surface area contributed by atoms with Crippen LogP contribution in [0.5, 0.6) is 0 Å². The summed E-state index contributed by atoms with van der Waals surface area (Å²) in [5.74, 6) is -0.226. The van der Waals surface area contributed by atoms with Crippen molar-refractivity contribution in [1.29, 1.82) is 0 Å². The molecule has 6 nitrogen and oxygen atoms in total. The number of carbonyl (C=O) groups is 1. The van der Waals surface area contributed by atoms with Gasteiger partial charge in [-0.05, 0) is 12.8 Å². The lowest BCUT2D eigenvalue weighted by atomic mass is 9.79. The molecule has 23 heavy (non-hydrogen) atoms. The van der Waals surface area contributed by atoms with E-state index in [4.69, 9.17) is 16.3 Å². The Balaban J connectivity index is 1.69. The number of carbonyl (C=O) groups excluding carboxylic acids is 1. The first-order valence-corrected chi connectivity index (χ1v) is 8.66. The lowest BCUT2D eigenvalue weighted by molar-refractivity contribution is -0.0361. The van der Waals surface area contributed by atoms with Crippen LogP contribution in [0, 0.1) is 0 Å². The fraction of sp³-hybridized carbons (Fsp3) is 0.688. The Kier molecular flexibility index (Phi) is 5.46. The Morgan fingerprint density at radius 2 is 2.04 bits per heavy atom. The number of hydrogen-bond donors (Lipinski definition) is 1. The third kappa shape index (κ3) is 3.82. The zero-order chi connectivity index (χ0) is 16.1. The molecule has 1 aliphatic heterocycles. The molecule has 1 N–H and O–H groups in total. The largest absolute Gasteiger partial charge is 0.379 e. The van der Waals surface area contributed by atoms with E-state index in [0.29, 0.717) is 6.54 Å².